The van der Waals surface area contributed by atoms with E-state index in [1.165, 1.54) is 0 Å². The van der Waals surface area contributed by atoms with Crippen molar-refractivity contribution in [3.63, 3.8) is 0 Å². The Morgan fingerprint density at radius 2 is 2.05 bits per heavy atom. The zero-order valence-corrected chi connectivity index (χ0v) is 11.7. The molecule has 0 radical (unpaired) electrons. The van der Waals surface area contributed by atoms with Crippen molar-refractivity contribution in [3.8, 4) is 5.75 Å². The topological polar surface area (TPSA) is 38.3 Å². The quantitative estimate of drug-likeness (QED) is 0.880. The predicted molar refractivity (Wildman–Crippen MR) is 77.6 cm³/mol. The second-order valence-corrected chi connectivity index (χ2v) is 5.38. The maximum atomic E-state index is 11.8. The first kappa shape index (κ1) is 13.6. The lowest BCUT2D eigenvalue weighted by atomic mass is 10.3. The molecule has 100 valence electrons. The van der Waals surface area contributed by atoms with Gasteiger partial charge in [-0.1, -0.05) is 24.3 Å². The lowest BCUT2D eigenvalue weighted by Crippen LogP contribution is -2.37. The third-order valence-electron chi connectivity index (χ3n) is 2.57. The van der Waals surface area contributed by atoms with E-state index in [2.05, 4.69) is 5.32 Å². The van der Waals surface area contributed by atoms with Gasteiger partial charge in [0, 0.05) is 4.88 Å². The maximum absolute atomic E-state index is 11.8. The molecule has 0 unspecified atom stereocenters. The summed E-state index contributed by atoms with van der Waals surface area (Å²) in [7, 11) is 0. The van der Waals surface area contributed by atoms with Crippen LogP contribution in [0.4, 0.5) is 0 Å². The number of rotatable bonds is 6. The molecule has 4 heteroatoms. The van der Waals surface area contributed by atoms with Crippen molar-refractivity contribution in [1.82, 2.24) is 5.32 Å². The standard InChI is InChI=1S/C15H17NO2S/c1-12(11-18-13-6-3-2-4-7-13)16-15(17)10-14-8-5-9-19-14/h2-9,12H,10-11H2,1H3,(H,16,17)/t12-/m1/s1. The SMILES string of the molecule is C[C@H](COc1ccccc1)NC(=O)Cc1cccs1. The summed E-state index contributed by atoms with van der Waals surface area (Å²) in [6, 6.07) is 13.5. The average Bonchev–Trinajstić information content (AvgIpc) is 2.90. The van der Waals surface area contributed by atoms with Gasteiger partial charge in [0.25, 0.3) is 0 Å². The van der Waals surface area contributed by atoms with Gasteiger partial charge in [-0.2, -0.15) is 0 Å². The first-order chi connectivity index (χ1) is 9.24. The van der Waals surface area contributed by atoms with Crippen molar-refractivity contribution in [2.45, 2.75) is 19.4 Å². The van der Waals surface area contributed by atoms with Crippen LogP contribution < -0.4 is 10.1 Å². The van der Waals surface area contributed by atoms with Crippen LogP contribution in [0.15, 0.2) is 47.8 Å². The largest absolute Gasteiger partial charge is 0.491 e. The van der Waals surface area contributed by atoms with Gasteiger partial charge in [0.2, 0.25) is 5.91 Å². The summed E-state index contributed by atoms with van der Waals surface area (Å²) in [6.45, 7) is 2.41. The number of carbonyl (C=O) groups is 1. The Morgan fingerprint density at radius 3 is 2.74 bits per heavy atom. The van der Waals surface area contributed by atoms with Crippen LogP contribution in [0.25, 0.3) is 0 Å². The summed E-state index contributed by atoms with van der Waals surface area (Å²) in [4.78, 5) is 12.8. The molecule has 1 atom stereocenters. The highest BCUT2D eigenvalue weighted by molar-refractivity contribution is 7.10. The van der Waals surface area contributed by atoms with Crippen LogP contribution >= 0.6 is 11.3 Å². The number of ether oxygens (including phenoxy) is 1. The van der Waals surface area contributed by atoms with E-state index >= 15 is 0 Å². The van der Waals surface area contributed by atoms with Crippen LogP contribution in [-0.4, -0.2) is 18.6 Å². The smallest absolute Gasteiger partial charge is 0.225 e. The Morgan fingerprint density at radius 1 is 1.26 bits per heavy atom. The van der Waals surface area contributed by atoms with E-state index in [9.17, 15) is 4.79 Å². The van der Waals surface area contributed by atoms with Crippen molar-refractivity contribution >= 4 is 17.2 Å². The number of amides is 1. The molecular formula is C15H17NO2S. The molecule has 1 N–H and O–H groups in total. The van der Waals surface area contributed by atoms with Gasteiger partial charge < -0.3 is 10.1 Å². The Kier molecular flexibility index (Phi) is 4.98. The lowest BCUT2D eigenvalue weighted by molar-refractivity contribution is -0.121. The minimum Gasteiger partial charge on any atom is -0.491 e. The number of benzene rings is 1. The molecule has 1 amide bonds. The van der Waals surface area contributed by atoms with Gasteiger partial charge >= 0.3 is 0 Å². The predicted octanol–water partition coefficient (Wildman–Crippen LogP) is 2.87. The van der Waals surface area contributed by atoms with Crippen molar-refractivity contribution in [2.24, 2.45) is 0 Å². The summed E-state index contributed by atoms with van der Waals surface area (Å²) >= 11 is 1.60. The zero-order chi connectivity index (χ0) is 13.5. The van der Waals surface area contributed by atoms with Gasteiger partial charge in [-0.15, -0.1) is 11.3 Å². The molecular weight excluding hydrogens is 258 g/mol. The minimum atomic E-state index is -0.00679. The van der Waals surface area contributed by atoms with Gasteiger partial charge in [-0.25, -0.2) is 0 Å². The highest BCUT2D eigenvalue weighted by Crippen LogP contribution is 2.10. The van der Waals surface area contributed by atoms with E-state index in [4.69, 9.17) is 4.74 Å². The van der Waals surface area contributed by atoms with Crippen molar-refractivity contribution in [1.29, 1.82) is 0 Å². The van der Waals surface area contributed by atoms with E-state index in [-0.39, 0.29) is 11.9 Å². The van der Waals surface area contributed by atoms with Crippen LogP contribution in [-0.2, 0) is 11.2 Å². The van der Waals surface area contributed by atoms with Crippen molar-refractivity contribution in [3.05, 3.63) is 52.7 Å². The van der Waals surface area contributed by atoms with Crippen LogP contribution in [0.1, 0.15) is 11.8 Å². The first-order valence-corrected chi connectivity index (χ1v) is 7.11. The number of hydrogen-bond donors (Lipinski definition) is 1. The van der Waals surface area contributed by atoms with E-state index in [1.54, 1.807) is 11.3 Å². The molecule has 0 saturated heterocycles. The fourth-order valence-corrected chi connectivity index (χ4v) is 2.38. The van der Waals surface area contributed by atoms with E-state index in [0.717, 1.165) is 10.6 Å². The zero-order valence-electron chi connectivity index (χ0n) is 10.8. The van der Waals surface area contributed by atoms with Crippen LogP contribution in [0, 0.1) is 0 Å². The monoisotopic (exact) mass is 275 g/mol. The first-order valence-electron chi connectivity index (χ1n) is 6.23. The van der Waals surface area contributed by atoms with E-state index < -0.39 is 0 Å². The molecule has 0 spiro atoms. The summed E-state index contributed by atoms with van der Waals surface area (Å²) in [5.74, 6) is 0.855. The van der Waals surface area contributed by atoms with E-state index in [0.29, 0.717) is 13.0 Å². The normalized spacial score (nSPS) is 11.8. The summed E-state index contributed by atoms with van der Waals surface area (Å²) in [5.41, 5.74) is 0. The number of para-hydroxylation sites is 1. The molecule has 0 aliphatic heterocycles. The molecule has 2 rings (SSSR count). The molecule has 2 aromatic rings. The molecule has 0 aliphatic carbocycles. The third kappa shape index (κ3) is 4.75. The third-order valence-corrected chi connectivity index (χ3v) is 3.44. The second-order valence-electron chi connectivity index (χ2n) is 4.35. The number of hydrogen-bond acceptors (Lipinski definition) is 3. The summed E-state index contributed by atoms with van der Waals surface area (Å²) in [5, 5.41) is 4.91. The van der Waals surface area contributed by atoms with Crippen molar-refractivity contribution < 1.29 is 9.53 Å². The lowest BCUT2D eigenvalue weighted by Gasteiger charge is -2.14. The molecule has 1 aromatic carbocycles. The molecule has 3 nitrogen and oxygen atoms in total. The maximum Gasteiger partial charge on any atom is 0.225 e. The number of carbonyl (C=O) groups excluding carboxylic acids is 1. The van der Waals surface area contributed by atoms with Gasteiger partial charge in [0.1, 0.15) is 12.4 Å². The van der Waals surface area contributed by atoms with Crippen LogP contribution in [0.5, 0.6) is 5.75 Å². The fraction of sp³-hybridized carbons (Fsp3) is 0.267. The molecule has 0 saturated carbocycles. The number of thiophene rings is 1. The summed E-state index contributed by atoms with van der Waals surface area (Å²) < 4.78 is 5.59. The van der Waals surface area contributed by atoms with Crippen LogP contribution in [0.2, 0.25) is 0 Å². The van der Waals surface area contributed by atoms with Gasteiger partial charge in [0.05, 0.1) is 12.5 Å². The second kappa shape index (κ2) is 6.95. The Bertz CT molecular complexity index is 496. The molecule has 19 heavy (non-hydrogen) atoms. The highest BCUT2D eigenvalue weighted by Gasteiger charge is 2.09. The Hall–Kier alpha value is -1.81. The molecule has 0 fully saturated rings. The van der Waals surface area contributed by atoms with Gasteiger partial charge in [-0.3, -0.25) is 4.79 Å². The van der Waals surface area contributed by atoms with Crippen LogP contribution in [0.3, 0.4) is 0 Å². The highest BCUT2D eigenvalue weighted by atomic mass is 32.1. The van der Waals surface area contributed by atoms with E-state index in [1.807, 2.05) is 54.8 Å². The molecule has 1 heterocycles. The molecule has 0 aliphatic rings. The molecule has 0 bridgehead atoms. The Balaban J connectivity index is 1.72. The number of nitrogens with one attached hydrogen (secondary N) is 1. The molecule has 1 aromatic heterocycles. The van der Waals surface area contributed by atoms with Crippen molar-refractivity contribution in [2.75, 3.05) is 6.61 Å². The van der Waals surface area contributed by atoms with Gasteiger partial charge in [-0.05, 0) is 30.5 Å². The average molecular weight is 275 g/mol. The Labute approximate surface area is 117 Å². The van der Waals surface area contributed by atoms with Gasteiger partial charge in [0.15, 0.2) is 0 Å². The summed E-state index contributed by atoms with van der Waals surface area (Å²) in [6.07, 6.45) is 0.438. The minimum absolute atomic E-state index is 0.00679. The fourth-order valence-electron chi connectivity index (χ4n) is 1.68.